The largest absolute Gasteiger partial charge is 0.490 e. The number of halogens is 2. The zero-order chi connectivity index (χ0) is 19.9. The second kappa shape index (κ2) is 9.99. The first-order valence-corrected chi connectivity index (χ1v) is 10.8. The van der Waals surface area contributed by atoms with Crippen LogP contribution in [-0.4, -0.2) is 6.61 Å². The summed E-state index contributed by atoms with van der Waals surface area (Å²) in [7, 11) is 0. The quantitative estimate of drug-likeness (QED) is 0.354. The van der Waals surface area contributed by atoms with Gasteiger partial charge in [-0.1, -0.05) is 45.8 Å². The Hall–Kier alpha value is -1.98. The molecule has 0 aliphatic carbocycles. The van der Waals surface area contributed by atoms with Crippen molar-refractivity contribution in [3.05, 3.63) is 86.3 Å². The van der Waals surface area contributed by atoms with Crippen LogP contribution in [0.25, 0.3) is 0 Å². The SMILES string of the molecule is CCOc1cc(CNc2ccc(Br)cc2)cc(Br)c1OCc1ccc(C)cc1. The fourth-order valence-corrected chi connectivity index (χ4v) is 3.61. The second-order valence-corrected chi connectivity index (χ2v) is 8.24. The van der Waals surface area contributed by atoms with E-state index >= 15 is 0 Å². The van der Waals surface area contributed by atoms with Crippen molar-refractivity contribution in [1.82, 2.24) is 0 Å². The maximum absolute atomic E-state index is 6.08. The fraction of sp³-hybridized carbons (Fsp3) is 0.217. The van der Waals surface area contributed by atoms with Gasteiger partial charge in [-0.2, -0.15) is 0 Å². The second-order valence-electron chi connectivity index (χ2n) is 6.47. The summed E-state index contributed by atoms with van der Waals surface area (Å²) >= 11 is 7.11. The van der Waals surface area contributed by atoms with Crippen LogP contribution in [0.5, 0.6) is 11.5 Å². The van der Waals surface area contributed by atoms with Crippen LogP contribution in [-0.2, 0) is 13.2 Å². The molecule has 1 N–H and O–H groups in total. The molecular weight excluding hydrogens is 482 g/mol. The van der Waals surface area contributed by atoms with Crippen molar-refractivity contribution >= 4 is 37.5 Å². The lowest BCUT2D eigenvalue weighted by Gasteiger charge is -2.16. The van der Waals surface area contributed by atoms with E-state index in [1.165, 1.54) is 5.56 Å². The Balaban J connectivity index is 1.73. The molecule has 0 amide bonds. The molecular formula is C23H23Br2NO2. The van der Waals surface area contributed by atoms with Crippen molar-refractivity contribution in [3.63, 3.8) is 0 Å². The molecule has 3 rings (SSSR count). The average molecular weight is 505 g/mol. The van der Waals surface area contributed by atoms with Gasteiger partial charge >= 0.3 is 0 Å². The van der Waals surface area contributed by atoms with E-state index in [0.717, 1.165) is 37.3 Å². The highest BCUT2D eigenvalue weighted by molar-refractivity contribution is 9.10. The number of hydrogen-bond acceptors (Lipinski definition) is 3. The molecule has 0 bridgehead atoms. The third-order valence-electron chi connectivity index (χ3n) is 4.21. The first kappa shape index (κ1) is 20.7. The van der Waals surface area contributed by atoms with Crippen molar-refractivity contribution in [1.29, 1.82) is 0 Å². The Morgan fingerprint density at radius 1 is 0.857 bits per heavy atom. The maximum Gasteiger partial charge on any atom is 0.175 e. The molecule has 0 fully saturated rings. The zero-order valence-electron chi connectivity index (χ0n) is 16.0. The monoisotopic (exact) mass is 503 g/mol. The van der Waals surface area contributed by atoms with Crippen molar-refractivity contribution in [2.24, 2.45) is 0 Å². The van der Waals surface area contributed by atoms with E-state index in [4.69, 9.17) is 9.47 Å². The minimum atomic E-state index is 0.495. The molecule has 5 heteroatoms. The Kier molecular flexibility index (Phi) is 7.40. The summed E-state index contributed by atoms with van der Waals surface area (Å²) in [6.07, 6.45) is 0. The van der Waals surface area contributed by atoms with Gasteiger partial charge < -0.3 is 14.8 Å². The summed E-state index contributed by atoms with van der Waals surface area (Å²) in [5.74, 6) is 1.48. The summed E-state index contributed by atoms with van der Waals surface area (Å²) in [5, 5.41) is 3.43. The highest BCUT2D eigenvalue weighted by atomic mass is 79.9. The number of rotatable bonds is 8. The van der Waals surface area contributed by atoms with Crippen molar-refractivity contribution in [2.45, 2.75) is 27.0 Å². The third-order valence-corrected chi connectivity index (χ3v) is 5.33. The molecule has 28 heavy (non-hydrogen) atoms. The molecule has 0 saturated heterocycles. The predicted octanol–water partition coefficient (Wildman–Crippen LogP) is 7.11. The van der Waals surface area contributed by atoms with Crippen molar-refractivity contribution in [3.8, 4) is 11.5 Å². The molecule has 146 valence electrons. The number of hydrogen-bond donors (Lipinski definition) is 1. The molecule has 0 unspecified atom stereocenters. The van der Waals surface area contributed by atoms with Crippen molar-refractivity contribution < 1.29 is 9.47 Å². The Morgan fingerprint density at radius 2 is 1.57 bits per heavy atom. The fourth-order valence-electron chi connectivity index (χ4n) is 2.74. The van der Waals surface area contributed by atoms with Gasteiger partial charge in [0.25, 0.3) is 0 Å². The molecule has 0 heterocycles. The Morgan fingerprint density at radius 3 is 2.25 bits per heavy atom. The van der Waals surface area contributed by atoms with Crippen LogP contribution < -0.4 is 14.8 Å². The molecule has 0 aliphatic heterocycles. The number of anilines is 1. The standard InChI is InChI=1S/C23H23Br2NO2/c1-3-27-22-13-18(14-26-20-10-8-19(24)9-11-20)12-21(25)23(22)28-15-17-6-4-16(2)5-7-17/h4-13,26H,3,14-15H2,1-2H3. The van der Waals surface area contributed by atoms with Crippen LogP contribution in [0.3, 0.4) is 0 Å². The topological polar surface area (TPSA) is 30.5 Å². The number of aryl methyl sites for hydroxylation is 1. The van der Waals surface area contributed by atoms with E-state index in [0.29, 0.717) is 19.8 Å². The van der Waals surface area contributed by atoms with E-state index in [1.54, 1.807) is 0 Å². The zero-order valence-corrected chi connectivity index (χ0v) is 19.1. The van der Waals surface area contributed by atoms with E-state index in [1.807, 2.05) is 37.3 Å². The third kappa shape index (κ3) is 5.76. The Labute approximate surface area is 183 Å². The predicted molar refractivity (Wildman–Crippen MR) is 122 cm³/mol. The van der Waals surface area contributed by atoms with Gasteiger partial charge in [0.05, 0.1) is 11.1 Å². The van der Waals surface area contributed by atoms with Gasteiger partial charge in [0.2, 0.25) is 0 Å². The molecule has 0 saturated carbocycles. The van der Waals surface area contributed by atoms with Gasteiger partial charge in [0.1, 0.15) is 6.61 Å². The Bertz CT molecular complexity index is 909. The van der Waals surface area contributed by atoms with Gasteiger partial charge in [-0.15, -0.1) is 0 Å². The molecule has 0 spiro atoms. The average Bonchev–Trinajstić information content (AvgIpc) is 2.68. The minimum Gasteiger partial charge on any atom is -0.490 e. The highest BCUT2D eigenvalue weighted by Gasteiger charge is 2.13. The van der Waals surface area contributed by atoms with Gasteiger partial charge in [0, 0.05) is 16.7 Å². The van der Waals surface area contributed by atoms with Crippen LogP contribution in [0.2, 0.25) is 0 Å². The summed E-state index contributed by atoms with van der Waals surface area (Å²) in [6, 6.07) is 20.6. The van der Waals surface area contributed by atoms with E-state index in [-0.39, 0.29) is 0 Å². The lowest BCUT2D eigenvalue weighted by Crippen LogP contribution is -2.04. The smallest absolute Gasteiger partial charge is 0.175 e. The summed E-state index contributed by atoms with van der Waals surface area (Å²) in [6.45, 7) is 5.82. The number of ether oxygens (including phenoxy) is 2. The van der Waals surface area contributed by atoms with Crippen molar-refractivity contribution in [2.75, 3.05) is 11.9 Å². The summed E-state index contributed by atoms with van der Waals surface area (Å²) in [4.78, 5) is 0. The van der Waals surface area contributed by atoms with Crippen LogP contribution in [0.4, 0.5) is 5.69 Å². The molecule has 3 aromatic carbocycles. The van der Waals surface area contributed by atoms with E-state index in [9.17, 15) is 0 Å². The van der Waals surface area contributed by atoms with E-state index in [2.05, 4.69) is 74.4 Å². The lowest BCUT2D eigenvalue weighted by molar-refractivity contribution is 0.267. The van der Waals surface area contributed by atoms with E-state index < -0.39 is 0 Å². The minimum absolute atomic E-state index is 0.495. The number of benzene rings is 3. The van der Waals surface area contributed by atoms with Gasteiger partial charge in [-0.25, -0.2) is 0 Å². The van der Waals surface area contributed by atoms with Crippen LogP contribution in [0.15, 0.2) is 69.6 Å². The molecule has 0 radical (unpaired) electrons. The number of nitrogens with one attached hydrogen (secondary N) is 1. The summed E-state index contributed by atoms with van der Waals surface area (Å²) in [5.41, 5.74) is 4.54. The molecule has 0 aromatic heterocycles. The molecule has 0 aliphatic rings. The van der Waals surface area contributed by atoms with Gasteiger partial charge in [0.15, 0.2) is 11.5 Å². The summed E-state index contributed by atoms with van der Waals surface area (Å²) < 4.78 is 13.9. The van der Waals surface area contributed by atoms with Crippen LogP contribution in [0.1, 0.15) is 23.6 Å². The molecule has 0 atom stereocenters. The first-order chi connectivity index (χ1) is 13.5. The van der Waals surface area contributed by atoms with Gasteiger partial charge in [-0.05, 0) is 77.3 Å². The highest BCUT2D eigenvalue weighted by Crippen LogP contribution is 2.37. The molecule has 3 aromatic rings. The van der Waals surface area contributed by atoms with Crippen LogP contribution in [0, 0.1) is 6.92 Å². The molecule has 3 nitrogen and oxygen atoms in total. The van der Waals surface area contributed by atoms with Gasteiger partial charge in [-0.3, -0.25) is 0 Å². The maximum atomic E-state index is 6.08. The van der Waals surface area contributed by atoms with Crippen LogP contribution >= 0.6 is 31.9 Å². The normalized spacial score (nSPS) is 10.6. The first-order valence-electron chi connectivity index (χ1n) is 9.18. The lowest BCUT2D eigenvalue weighted by atomic mass is 10.1.